The van der Waals surface area contributed by atoms with Gasteiger partial charge < -0.3 is 10.6 Å². The number of anilines is 2. The Labute approximate surface area is 118 Å². The van der Waals surface area contributed by atoms with Crippen LogP contribution in [0.15, 0.2) is 42.5 Å². The zero-order valence-corrected chi connectivity index (χ0v) is 11.5. The van der Waals surface area contributed by atoms with Crippen LogP contribution in [-0.2, 0) is 0 Å². The van der Waals surface area contributed by atoms with E-state index in [-0.39, 0.29) is 5.82 Å². The molecule has 0 saturated carbocycles. The maximum atomic E-state index is 13.9. The molecule has 0 amide bonds. The maximum absolute atomic E-state index is 13.9. The second-order valence-corrected chi connectivity index (χ2v) is 4.68. The Kier molecular flexibility index (Phi) is 4.02. The number of nitrogens with zero attached hydrogens (tertiary/aromatic N) is 2. The van der Waals surface area contributed by atoms with E-state index in [0.717, 1.165) is 11.4 Å². The summed E-state index contributed by atoms with van der Waals surface area (Å²) in [4.78, 5) is 1.86. The smallest absolute Gasteiger partial charge is 0.130 e. The fourth-order valence-corrected chi connectivity index (χ4v) is 2.17. The summed E-state index contributed by atoms with van der Waals surface area (Å²) >= 11 is 0. The largest absolute Gasteiger partial charge is 0.344 e. The van der Waals surface area contributed by atoms with Gasteiger partial charge >= 0.3 is 0 Å². The molecule has 2 aromatic rings. The molecule has 102 valence electrons. The lowest BCUT2D eigenvalue weighted by Gasteiger charge is -2.24. The molecule has 0 saturated heterocycles. The van der Waals surface area contributed by atoms with Gasteiger partial charge in [0.1, 0.15) is 5.82 Å². The molecule has 0 aliphatic carbocycles. The van der Waals surface area contributed by atoms with Gasteiger partial charge in [-0.3, -0.25) is 0 Å². The van der Waals surface area contributed by atoms with E-state index in [2.05, 4.69) is 6.07 Å². The van der Waals surface area contributed by atoms with Crippen molar-refractivity contribution in [2.45, 2.75) is 13.0 Å². The summed E-state index contributed by atoms with van der Waals surface area (Å²) in [5.74, 6) is -0.307. The third-order valence-corrected chi connectivity index (χ3v) is 3.23. The van der Waals surface area contributed by atoms with Crippen molar-refractivity contribution in [3.05, 3.63) is 59.4 Å². The van der Waals surface area contributed by atoms with Gasteiger partial charge in [0.25, 0.3) is 0 Å². The SMILES string of the molecule is C[C@@H](N)c1c(F)cccc1N(C)c1ccc(C#N)cc1. The standard InChI is InChI=1S/C16H16FN3/c1-11(19)16-14(17)4-3-5-15(16)20(2)13-8-6-12(10-18)7-9-13/h3-9,11H,19H2,1-2H3/t11-/m1/s1. The molecule has 1 atom stereocenters. The molecule has 0 spiro atoms. The van der Waals surface area contributed by atoms with E-state index < -0.39 is 6.04 Å². The van der Waals surface area contributed by atoms with E-state index in [9.17, 15) is 4.39 Å². The summed E-state index contributed by atoms with van der Waals surface area (Å²) in [5, 5.41) is 8.81. The van der Waals surface area contributed by atoms with Gasteiger partial charge in [0.2, 0.25) is 0 Å². The molecule has 2 aromatic carbocycles. The predicted octanol–water partition coefficient (Wildman–Crippen LogP) is 3.48. The molecule has 0 bridgehead atoms. The van der Waals surface area contributed by atoms with Gasteiger partial charge in [-0.2, -0.15) is 5.26 Å². The Morgan fingerprint density at radius 2 is 1.85 bits per heavy atom. The first-order valence-corrected chi connectivity index (χ1v) is 6.32. The van der Waals surface area contributed by atoms with Gasteiger partial charge in [-0.25, -0.2) is 4.39 Å². The van der Waals surface area contributed by atoms with Crippen LogP contribution in [0, 0.1) is 17.1 Å². The number of hydrogen-bond donors (Lipinski definition) is 1. The summed E-state index contributed by atoms with van der Waals surface area (Å²) < 4.78 is 13.9. The number of halogens is 1. The summed E-state index contributed by atoms with van der Waals surface area (Å²) in [6.45, 7) is 1.76. The van der Waals surface area contributed by atoms with Gasteiger partial charge in [-0.15, -0.1) is 0 Å². The highest BCUT2D eigenvalue weighted by molar-refractivity contribution is 5.67. The zero-order valence-electron chi connectivity index (χ0n) is 11.5. The lowest BCUT2D eigenvalue weighted by atomic mass is 10.0. The molecule has 0 fully saturated rings. The van der Waals surface area contributed by atoms with E-state index in [0.29, 0.717) is 11.1 Å². The normalized spacial score (nSPS) is 11.8. The first-order valence-electron chi connectivity index (χ1n) is 6.32. The maximum Gasteiger partial charge on any atom is 0.130 e. The Hall–Kier alpha value is -2.38. The van der Waals surface area contributed by atoms with Crippen molar-refractivity contribution in [1.82, 2.24) is 0 Å². The van der Waals surface area contributed by atoms with Crippen LogP contribution >= 0.6 is 0 Å². The van der Waals surface area contributed by atoms with E-state index in [1.165, 1.54) is 6.07 Å². The van der Waals surface area contributed by atoms with Crippen LogP contribution in [0.25, 0.3) is 0 Å². The minimum absolute atomic E-state index is 0.307. The van der Waals surface area contributed by atoms with Crippen molar-refractivity contribution in [1.29, 1.82) is 5.26 Å². The van der Waals surface area contributed by atoms with Gasteiger partial charge in [-0.1, -0.05) is 6.07 Å². The molecule has 0 heterocycles. The first kappa shape index (κ1) is 14.0. The molecular formula is C16H16FN3. The molecule has 0 radical (unpaired) electrons. The minimum atomic E-state index is -0.396. The van der Waals surface area contributed by atoms with Crippen LogP contribution in [0.3, 0.4) is 0 Å². The Morgan fingerprint density at radius 3 is 2.40 bits per heavy atom. The van der Waals surface area contributed by atoms with Crippen LogP contribution in [0.1, 0.15) is 24.1 Å². The number of rotatable bonds is 3. The quantitative estimate of drug-likeness (QED) is 0.928. The van der Waals surface area contributed by atoms with Gasteiger partial charge in [0, 0.05) is 30.0 Å². The Bertz CT molecular complexity index is 642. The number of nitriles is 1. The Morgan fingerprint density at radius 1 is 1.20 bits per heavy atom. The fourth-order valence-electron chi connectivity index (χ4n) is 2.17. The Balaban J connectivity index is 2.45. The monoisotopic (exact) mass is 269 g/mol. The van der Waals surface area contributed by atoms with Crippen LogP contribution in [0.4, 0.5) is 15.8 Å². The second-order valence-electron chi connectivity index (χ2n) is 4.68. The first-order chi connectivity index (χ1) is 9.54. The molecule has 2 rings (SSSR count). The van der Waals surface area contributed by atoms with Crippen molar-refractivity contribution in [2.75, 3.05) is 11.9 Å². The van der Waals surface area contributed by atoms with Crippen molar-refractivity contribution in [2.24, 2.45) is 5.73 Å². The highest BCUT2D eigenvalue weighted by Gasteiger charge is 2.16. The summed E-state index contributed by atoms with van der Waals surface area (Å²) in [5.41, 5.74) is 8.54. The van der Waals surface area contributed by atoms with Crippen molar-refractivity contribution in [3.63, 3.8) is 0 Å². The van der Waals surface area contributed by atoms with E-state index >= 15 is 0 Å². The second kappa shape index (κ2) is 5.72. The highest BCUT2D eigenvalue weighted by atomic mass is 19.1. The summed E-state index contributed by atoms with van der Waals surface area (Å²) in [7, 11) is 1.85. The molecule has 3 nitrogen and oxygen atoms in total. The lowest BCUT2D eigenvalue weighted by Crippen LogP contribution is -2.17. The van der Waals surface area contributed by atoms with Crippen LogP contribution < -0.4 is 10.6 Å². The topological polar surface area (TPSA) is 53.0 Å². The van der Waals surface area contributed by atoms with E-state index in [1.807, 2.05) is 30.1 Å². The molecule has 0 aliphatic rings. The van der Waals surface area contributed by atoms with Crippen molar-refractivity contribution >= 4 is 11.4 Å². The van der Waals surface area contributed by atoms with Crippen molar-refractivity contribution in [3.8, 4) is 6.07 Å². The molecule has 0 unspecified atom stereocenters. The molecule has 0 aliphatic heterocycles. The highest BCUT2D eigenvalue weighted by Crippen LogP contribution is 2.31. The molecule has 4 heteroatoms. The third-order valence-electron chi connectivity index (χ3n) is 3.23. The number of hydrogen-bond acceptors (Lipinski definition) is 3. The number of benzene rings is 2. The zero-order chi connectivity index (χ0) is 14.7. The van der Waals surface area contributed by atoms with Gasteiger partial charge in [0.05, 0.1) is 11.6 Å². The van der Waals surface area contributed by atoms with Crippen LogP contribution in [0.2, 0.25) is 0 Å². The average molecular weight is 269 g/mol. The van der Waals surface area contributed by atoms with Gasteiger partial charge in [0.15, 0.2) is 0 Å². The van der Waals surface area contributed by atoms with Crippen LogP contribution in [-0.4, -0.2) is 7.05 Å². The summed E-state index contributed by atoms with van der Waals surface area (Å²) in [6, 6.07) is 13.7. The van der Waals surface area contributed by atoms with E-state index in [1.54, 1.807) is 25.1 Å². The minimum Gasteiger partial charge on any atom is -0.344 e. The molecule has 2 N–H and O–H groups in total. The van der Waals surface area contributed by atoms with Crippen molar-refractivity contribution < 1.29 is 4.39 Å². The summed E-state index contributed by atoms with van der Waals surface area (Å²) in [6.07, 6.45) is 0. The predicted molar refractivity (Wildman–Crippen MR) is 78.2 cm³/mol. The molecular weight excluding hydrogens is 253 g/mol. The van der Waals surface area contributed by atoms with Gasteiger partial charge in [-0.05, 0) is 43.3 Å². The average Bonchev–Trinajstić information content (AvgIpc) is 2.46. The third kappa shape index (κ3) is 2.63. The molecule has 20 heavy (non-hydrogen) atoms. The fraction of sp³-hybridized carbons (Fsp3) is 0.188. The van der Waals surface area contributed by atoms with Crippen LogP contribution in [0.5, 0.6) is 0 Å². The molecule has 0 aromatic heterocycles. The van der Waals surface area contributed by atoms with E-state index in [4.69, 9.17) is 11.0 Å². The lowest BCUT2D eigenvalue weighted by molar-refractivity contribution is 0.594. The number of nitrogens with two attached hydrogens (primary N) is 1.